The summed E-state index contributed by atoms with van der Waals surface area (Å²) in [6.07, 6.45) is 2.23. The molecule has 4 heteroatoms. The number of nitrogens with one attached hydrogen (secondary N) is 2. The minimum atomic E-state index is 0.341. The maximum Gasteiger partial charge on any atom is 0.161 e. The molecular weight excluding hydrogens is 240 g/mol. The first-order chi connectivity index (χ1) is 9.17. The highest BCUT2D eigenvalue weighted by molar-refractivity contribution is 5.48. The zero-order valence-electron chi connectivity index (χ0n) is 12.7. The van der Waals surface area contributed by atoms with Crippen molar-refractivity contribution in [1.82, 2.24) is 10.6 Å². The standard InChI is InChI=1S/C15H26N2O2/c1-11-9-14(18-4)15(19-5)10-12(11)13(17-3)7-6-8-16-2/h9-10,13,16-17H,6-8H2,1-5H3. The summed E-state index contributed by atoms with van der Waals surface area (Å²) in [5.41, 5.74) is 2.50. The summed E-state index contributed by atoms with van der Waals surface area (Å²) >= 11 is 0. The molecule has 1 aromatic carbocycles. The summed E-state index contributed by atoms with van der Waals surface area (Å²) in [6.45, 7) is 3.14. The molecule has 1 aromatic rings. The molecule has 1 rings (SSSR count). The molecule has 0 aliphatic heterocycles. The van der Waals surface area contributed by atoms with Gasteiger partial charge in [-0.15, -0.1) is 0 Å². The van der Waals surface area contributed by atoms with Gasteiger partial charge in [-0.3, -0.25) is 0 Å². The van der Waals surface area contributed by atoms with Crippen LogP contribution in [0.5, 0.6) is 11.5 Å². The van der Waals surface area contributed by atoms with Crippen molar-refractivity contribution in [3.8, 4) is 11.5 Å². The van der Waals surface area contributed by atoms with Gasteiger partial charge in [-0.25, -0.2) is 0 Å². The molecule has 0 radical (unpaired) electrons. The Labute approximate surface area is 116 Å². The lowest BCUT2D eigenvalue weighted by Crippen LogP contribution is -2.19. The number of aryl methyl sites for hydroxylation is 1. The molecule has 0 saturated heterocycles. The molecule has 0 heterocycles. The lowest BCUT2D eigenvalue weighted by atomic mass is 9.97. The predicted molar refractivity (Wildman–Crippen MR) is 79.2 cm³/mol. The molecule has 2 N–H and O–H groups in total. The molecule has 0 fully saturated rings. The molecule has 0 bridgehead atoms. The van der Waals surface area contributed by atoms with Gasteiger partial charge in [0.25, 0.3) is 0 Å². The third kappa shape index (κ3) is 4.11. The smallest absolute Gasteiger partial charge is 0.161 e. The number of methoxy groups -OCH3 is 2. The van der Waals surface area contributed by atoms with Gasteiger partial charge in [-0.1, -0.05) is 0 Å². The minimum absolute atomic E-state index is 0.341. The first-order valence-electron chi connectivity index (χ1n) is 6.72. The van der Waals surface area contributed by atoms with Crippen molar-refractivity contribution in [2.75, 3.05) is 34.9 Å². The van der Waals surface area contributed by atoms with E-state index in [0.29, 0.717) is 6.04 Å². The van der Waals surface area contributed by atoms with Crippen molar-refractivity contribution in [3.63, 3.8) is 0 Å². The van der Waals surface area contributed by atoms with E-state index < -0.39 is 0 Å². The Hall–Kier alpha value is -1.26. The highest BCUT2D eigenvalue weighted by Gasteiger charge is 2.15. The number of hydrogen-bond acceptors (Lipinski definition) is 4. The van der Waals surface area contributed by atoms with Gasteiger partial charge in [-0.05, 0) is 63.7 Å². The first kappa shape index (κ1) is 15.8. The molecule has 4 nitrogen and oxygen atoms in total. The third-order valence-corrected chi connectivity index (χ3v) is 3.42. The molecule has 108 valence electrons. The summed E-state index contributed by atoms with van der Waals surface area (Å²) in [5, 5.41) is 6.56. The van der Waals surface area contributed by atoms with Gasteiger partial charge in [0.2, 0.25) is 0 Å². The summed E-state index contributed by atoms with van der Waals surface area (Å²) in [5.74, 6) is 1.57. The summed E-state index contributed by atoms with van der Waals surface area (Å²) in [4.78, 5) is 0. The minimum Gasteiger partial charge on any atom is -0.493 e. The van der Waals surface area contributed by atoms with E-state index in [2.05, 4.69) is 23.6 Å². The fourth-order valence-corrected chi connectivity index (χ4v) is 2.31. The highest BCUT2D eigenvalue weighted by atomic mass is 16.5. The lowest BCUT2D eigenvalue weighted by molar-refractivity contribution is 0.353. The second kappa shape index (κ2) is 8.02. The molecule has 1 unspecified atom stereocenters. The highest BCUT2D eigenvalue weighted by Crippen LogP contribution is 2.33. The topological polar surface area (TPSA) is 42.5 Å². The molecule has 19 heavy (non-hydrogen) atoms. The van der Waals surface area contributed by atoms with Crippen molar-refractivity contribution >= 4 is 0 Å². The summed E-state index contributed by atoms with van der Waals surface area (Å²) in [7, 11) is 7.32. The van der Waals surface area contributed by atoms with E-state index in [1.54, 1.807) is 14.2 Å². The van der Waals surface area contributed by atoms with E-state index in [9.17, 15) is 0 Å². The van der Waals surface area contributed by atoms with Crippen LogP contribution >= 0.6 is 0 Å². The van der Waals surface area contributed by atoms with E-state index >= 15 is 0 Å². The van der Waals surface area contributed by atoms with Gasteiger partial charge in [0.15, 0.2) is 11.5 Å². The van der Waals surface area contributed by atoms with E-state index in [1.165, 1.54) is 11.1 Å². The van der Waals surface area contributed by atoms with Crippen LogP contribution in [0, 0.1) is 6.92 Å². The van der Waals surface area contributed by atoms with Gasteiger partial charge in [0, 0.05) is 6.04 Å². The third-order valence-electron chi connectivity index (χ3n) is 3.42. The predicted octanol–water partition coefficient (Wildman–Crippen LogP) is 2.27. The Morgan fingerprint density at radius 2 is 1.74 bits per heavy atom. The molecule has 0 amide bonds. The molecule has 0 aliphatic carbocycles. The Morgan fingerprint density at radius 1 is 1.11 bits per heavy atom. The molecule has 0 spiro atoms. The van der Waals surface area contributed by atoms with Crippen LogP contribution in [0.3, 0.4) is 0 Å². The number of benzene rings is 1. The Bertz CT molecular complexity index is 394. The second-order valence-corrected chi connectivity index (χ2v) is 4.65. The Morgan fingerprint density at radius 3 is 2.26 bits per heavy atom. The summed E-state index contributed by atoms with van der Waals surface area (Å²) in [6, 6.07) is 4.46. The van der Waals surface area contributed by atoms with Crippen LogP contribution in [-0.2, 0) is 0 Å². The van der Waals surface area contributed by atoms with E-state index in [1.807, 2.05) is 20.2 Å². The van der Waals surface area contributed by atoms with E-state index in [0.717, 1.165) is 30.9 Å². The SMILES string of the molecule is CNCCCC(NC)c1cc(OC)c(OC)cc1C. The van der Waals surface area contributed by atoms with Crippen LogP contribution in [0.25, 0.3) is 0 Å². The van der Waals surface area contributed by atoms with Crippen LogP contribution in [-0.4, -0.2) is 34.9 Å². The van der Waals surface area contributed by atoms with Crippen molar-refractivity contribution in [2.45, 2.75) is 25.8 Å². The van der Waals surface area contributed by atoms with Crippen LogP contribution in [0.15, 0.2) is 12.1 Å². The van der Waals surface area contributed by atoms with Crippen LogP contribution in [0.1, 0.15) is 30.0 Å². The van der Waals surface area contributed by atoms with Gasteiger partial charge in [-0.2, -0.15) is 0 Å². The molecule has 0 saturated carbocycles. The fraction of sp³-hybridized carbons (Fsp3) is 0.600. The van der Waals surface area contributed by atoms with E-state index in [-0.39, 0.29) is 0 Å². The maximum absolute atomic E-state index is 5.39. The fourth-order valence-electron chi connectivity index (χ4n) is 2.31. The first-order valence-corrected chi connectivity index (χ1v) is 6.72. The van der Waals surface area contributed by atoms with Crippen molar-refractivity contribution in [3.05, 3.63) is 23.3 Å². The average Bonchev–Trinajstić information content (AvgIpc) is 2.44. The maximum atomic E-state index is 5.39. The largest absolute Gasteiger partial charge is 0.493 e. The van der Waals surface area contributed by atoms with Crippen molar-refractivity contribution in [1.29, 1.82) is 0 Å². The van der Waals surface area contributed by atoms with Crippen molar-refractivity contribution in [2.24, 2.45) is 0 Å². The van der Waals surface area contributed by atoms with E-state index in [4.69, 9.17) is 9.47 Å². The zero-order valence-corrected chi connectivity index (χ0v) is 12.7. The number of ether oxygens (including phenoxy) is 2. The Kier molecular flexibility index (Phi) is 6.67. The monoisotopic (exact) mass is 266 g/mol. The zero-order chi connectivity index (χ0) is 14.3. The number of rotatable bonds is 8. The van der Waals surface area contributed by atoms with Crippen molar-refractivity contribution < 1.29 is 9.47 Å². The molecule has 0 aliphatic rings. The molecule has 0 aromatic heterocycles. The number of hydrogen-bond donors (Lipinski definition) is 2. The van der Waals surface area contributed by atoms with Gasteiger partial charge >= 0.3 is 0 Å². The van der Waals surface area contributed by atoms with Gasteiger partial charge < -0.3 is 20.1 Å². The average molecular weight is 266 g/mol. The van der Waals surface area contributed by atoms with Gasteiger partial charge in [0.1, 0.15) is 0 Å². The van der Waals surface area contributed by atoms with Gasteiger partial charge in [0.05, 0.1) is 14.2 Å². The lowest BCUT2D eigenvalue weighted by Gasteiger charge is -2.21. The quantitative estimate of drug-likeness (QED) is 0.708. The molecule has 1 atom stereocenters. The summed E-state index contributed by atoms with van der Waals surface area (Å²) < 4.78 is 10.7. The normalized spacial score (nSPS) is 12.3. The Balaban J connectivity index is 2.96. The van der Waals surface area contributed by atoms with Crippen LogP contribution < -0.4 is 20.1 Å². The second-order valence-electron chi connectivity index (χ2n) is 4.65. The van der Waals surface area contributed by atoms with Crippen LogP contribution in [0.4, 0.5) is 0 Å². The molecular formula is C15H26N2O2. The van der Waals surface area contributed by atoms with Crippen LogP contribution in [0.2, 0.25) is 0 Å².